The van der Waals surface area contributed by atoms with Crippen LogP contribution < -0.4 is 11.1 Å². The number of rotatable bonds is 2. The average Bonchev–Trinajstić information content (AvgIpc) is 2.71. The number of aromatic nitrogens is 2. The molecule has 1 saturated heterocycles. The molecule has 1 aromatic rings. The van der Waals surface area contributed by atoms with Gasteiger partial charge in [-0.3, -0.25) is 4.79 Å². The number of halogens is 1. The summed E-state index contributed by atoms with van der Waals surface area (Å²) in [5.41, 5.74) is 5.46. The monoisotopic (exact) mass is 413 g/mol. The molecule has 1 unspecified atom stereocenters. The highest BCUT2D eigenvalue weighted by Gasteiger charge is 2.41. The van der Waals surface area contributed by atoms with Crippen LogP contribution >= 0.6 is 15.9 Å². The highest BCUT2D eigenvalue weighted by molar-refractivity contribution is 9.10. The van der Waals surface area contributed by atoms with Crippen molar-refractivity contribution in [2.75, 3.05) is 12.3 Å². The topological polar surface area (TPSA) is 121 Å². The lowest BCUT2D eigenvalue weighted by Crippen LogP contribution is -2.58. The zero-order valence-electron chi connectivity index (χ0n) is 14.6. The molecule has 9 heteroatoms. The smallest absolute Gasteiger partial charge is 0.407 e. The number of amides is 2. The Morgan fingerprint density at radius 1 is 1.40 bits per heavy atom. The van der Waals surface area contributed by atoms with E-state index < -0.39 is 12.0 Å². The van der Waals surface area contributed by atoms with Crippen molar-refractivity contribution >= 4 is 33.7 Å². The van der Waals surface area contributed by atoms with Crippen molar-refractivity contribution < 1.29 is 14.7 Å². The van der Waals surface area contributed by atoms with E-state index in [9.17, 15) is 14.7 Å². The van der Waals surface area contributed by atoms with Crippen molar-refractivity contribution in [3.8, 4) is 0 Å². The summed E-state index contributed by atoms with van der Waals surface area (Å²) in [7, 11) is 0. The van der Waals surface area contributed by atoms with Crippen molar-refractivity contribution in [2.45, 2.75) is 52.1 Å². The highest BCUT2D eigenvalue weighted by Crippen LogP contribution is 2.32. The van der Waals surface area contributed by atoms with E-state index in [1.54, 1.807) is 0 Å². The lowest BCUT2D eigenvalue weighted by molar-refractivity contribution is 0.0616. The minimum atomic E-state index is -0.970. The largest absolute Gasteiger partial charge is 0.465 e. The number of carboxylic acid groups (broad SMARTS) is 1. The molecule has 0 bridgehead atoms. The first-order valence-corrected chi connectivity index (χ1v) is 8.99. The molecule has 0 radical (unpaired) electrons. The van der Waals surface area contributed by atoms with E-state index in [1.165, 1.54) is 11.1 Å². The first-order chi connectivity index (χ1) is 11.6. The summed E-state index contributed by atoms with van der Waals surface area (Å²) >= 11 is 3.18. The number of hydrogen-bond acceptors (Lipinski definition) is 5. The van der Waals surface area contributed by atoms with Gasteiger partial charge in [-0.05, 0) is 40.6 Å². The molecule has 0 spiro atoms. The Labute approximate surface area is 155 Å². The third kappa shape index (κ3) is 4.59. The van der Waals surface area contributed by atoms with Crippen LogP contribution in [0.15, 0.2) is 10.8 Å². The molecule has 0 saturated carbocycles. The molecule has 0 aromatic carbocycles. The normalized spacial score (nSPS) is 21.5. The van der Waals surface area contributed by atoms with Crippen LogP contribution in [0.4, 0.5) is 10.6 Å². The number of likely N-dealkylation sites (tertiary alicyclic amines) is 1. The van der Waals surface area contributed by atoms with E-state index in [4.69, 9.17) is 5.73 Å². The number of hydrogen-bond donors (Lipinski definition) is 3. The van der Waals surface area contributed by atoms with Crippen molar-refractivity contribution in [2.24, 2.45) is 5.41 Å². The number of nitrogens with two attached hydrogens (primary N) is 1. The Morgan fingerprint density at radius 3 is 2.68 bits per heavy atom. The number of carbonyl (C=O) groups is 2. The summed E-state index contributed by atoms with van der Waals surface area (Å²) < 4.78 is 0.409. The quantitative estimate of drug-likeness (QED) is 0.684. The molecule has 1 aliphatic heterocycles. The predicted octanol–water partition coefficient (Wildman–Crippen LogP) is 2.50. The van der Waals surface area contributed by atoms with Gasteiger partial charge in [0.1, 0.15) is 4.60 Å². The number of carbonyl (C=O) groups excluding carboxylic acids is 1. The van der Waals surface area contributed by atoms with E-state index in [0.717, 1.165) is 12.8 Å². The van der Waals surface area contributed by atoms with Crippen LogP contribution in [0, 0.1) is 5.41 Å². The van der Waals surface area contributed by atoms with E-state index in [1.807, 2.05) is 20.8 Å². The van der Waals surface area contributed by atoms with Crippen molar-refractivity contribution in [1.29, 1.82) is 0 Å². The van der Waals surface area contributed by atoms with Gasteiger partial charge in [-0.15, -0.1) is 0 Å². The second-order valence-electron chi connectivity index (χ2n) is 7.29. The zero-order chi connectivity index (χ0) is 18.8. The maximum absolute atomic E-state index is 12.7. The standard InChI is InChI=1S/C16H24BrN5O3/c1-16(2,3)12-9(6-4-5-7-22(12)15(24)25)20-14(23)11-13(18)19-8-10(17)21-11/h8-9,12H,4-7H2,1-3H3,(H2,18,19)(H,20,23)(H,24,25)/t9-,12?/m0/s1. The minimum absolute atomic E-state index is 0.0353. The molecule has 1 aliphatic rings. The Hall–Kier alpha value is -1.90. The first-order valence-electron chi connectivity index (χ1n) is 8.19. The molecular formula is C16H24BrN5O3. The third-order valence-corrected chi connectivity index (χ3v) is 4.70. The van der Waals surface area contributed by atoms with Crippen molar-refractivity contribution in [3.05, 3.63) is 16.5 Å². The van der Waals surface area contributed by atoms with Gasteiger partial charge >= 0.3 is 6.09 Å². The van der Waals surface area contributed by atoms with Crippen LogP contribution in [-0.2, 0) is 0 Å². The second kappa shape index (κ2) is 7.55. The van der Waals surface area contributed by atoms with Crippen LogP contribution in [0.25, 0.3) is 0 Å². The summed E-state index contributed by atoms with van der Waals surface area (Å²) in [5, 5.41) is 12.5. The lowest BCUT2D eigenvalue weighted by Gasteiger charge is -2.42. The molecule has 8 nitrogen and oxygen atoms in total. The molecule has 1 aromatic heterocycles. The molecule has 1 fully saturated rings. The van der Waals surface area contributed by atoms with Gasteiger partial charge in [-0.1, -0.05) is 20.8 Å². The van der Waals surface area contributed by atoms with Gasteiger partial charge in [-0.2, -0.15) is 0 Å². The van der Waals surface area contributed by atoms with Gasteiger partial charge in [0.15, 0.2) is 11.5 Å². The predicted molar refractivity (Wildman–Crippen MR) is 97.2 cm³/mol. The van der Waals surface area contributed by atoms with Gasteiger partial charge in [-0.25, -0.2) is 14.8 Å². The number of anilines is 1. The summed E-state index contributed by atoms with van der Waals surface area (Å²) in [6.07, 6.45) is 2.74. The summed E-state index contributed by atoms with van der Waals surface area (Å²) in [6.45, 7) is 6.39. The maximum atomic E-state index is 12.7. The van der Waals surface area contributed by atoms with Crippen molar-refractivity contribution in [3.63, 3.8) is 0 Å². The van der Waals surface area contributed by atoms with Crippen LogP contribution in [0.2, 0.25) is 0 Å². The van der Waals surface area contributed by atoms with Gasteiger partial charge in [0.25, 0.3) is 5.91 Å². The van der Waals surface area contributed by atoms with Gasteiger partial charge < -0.3 is 21.1 Å². The van der Waals surface area contributed by atoms with E-state index in [0.29, 0.717) is 17.6 Å². The van der Waals surface area contributed by atoms with E-state index in [2.05, 4.69) is 31.2 Å². The molecule has 4 N–H and O–H groups in total. The summed E-state index contributed by atoms with van der Waals surface area (Å²) in [5.74, 6) is -0.408. The minimum Gasteiger partial charge on any atom is -0.465 e. The van der Waals surface area contributed by atoms with Gasteiger partial charge in [0, 0.05) is 6.54 Å². The fourth-order valence-corrected chi connectivity index (χ4v) is 3.66. The molecule has 0 aliphatic carbocycles. The summed E-state index contributed by atoms with van der Waals surface area (Å²) in [4.78, 5) is 33.8. The highest BCUT2D eigenvalue weighted by atomic mass is 79.9. The fourth-order valence-electron chi connectivity index (χ4n) is 3.38. The van der Waals surface area contributed by atoms with Crippen LogP contribution in [0.1, 0.15) is 50.5 Å². The van der Waals surface area contributed by atoms with E-state index >= 15 is 0 Å². The number of nitrogens with one attached hydrogen (secondary N) is 1. The molecule has 25 heavy (non-hydrogen) atoms. The first kappa shape index (κ1) is 19.4. The molecule has 2 atom stereocenters. The van der Waals surface area contributed by atoms with Crippen molar-refractivity contribution in [1.82, 2.24) is 20.2 Å². The van der Waals surface area contributed by atoms with Gasteiger partial charge in [0.2, 0.25) is 0 Å². The molecule has 2 amide bonds. The second-order valence-corrected chi connectivity index (χ2v) is 8.10. The third-order valence-electron chi connectivity index (χ3n) is 4.32. The zero-order valence-corrected chi connectivity index (χ0v) is 16.2. The van der Waals surface area contributed by atoms with Crippen LogP contribution in [-0.4, -0.2) is 50.6 Å². The lowest BCUT2D eigenvalue weighted by atomic mass is 9.80. The van der Waals surface area contributed by atoms with Gasteiger partial charge in [0.05, 0.1) is 18.3 Å². The van der Waals surface area contributed by atoms with Crippen LogP contribution in [0.5, 0.6) is 0 Å². The molecule has 2 rings (SSSR count). The number of nitrogen functional groups attached to an aromatic ring is 1. The van der Waals surface area contributed by atoms with Crippen LogP contribution in [0.3, 0.4) is 0 Å². The van der Waals surface area contributed by atoms with E-state index in [-0.39, 0.29) is 29.0 Å². The maximum Gasteiger partial charge on any atom is 0.407 e. The Balaban J connectivity index is 2.31. The average molecular weight is 414 g/mol. The summed E-state index contributed by atoms with van der Waals surface area (Å²) in [6, 6.07) is -0.677. The fraction of sp³-hybridized carbons (Fsp3) is 0.625. The molecular weight excluding hydrogens is 390 g/mol. The molecule has 2 heterocycles. The Bertz CT molecular complexity index is 662. The SMILES string of the molecule is CC(C)(C)C1[C@@H](NC(=O)c2nc(Br)cnc2N)CCCCN1C(=O)O. The Kier molecular flexibility index (Phi) is 5.87. The number of nitrogens with zero attached hydrogens (tertiary/aromatic N) is 3. The molecule has 138 valence electrons. The Morgan fingerprint density at radius 2 is 2.08 bits per heavy atom.